The van der Waals surface area contributed by atoms with Gasteiger partial charge in [-0.25, -0.2) is 0 Å². The van der Waals surface area contributed by atoms with Gasteiger partial charge in [0.05, 0.1) is 26.3 Å². The number of aryl methyl sites for hydroxylation is 1. The molecule has 6 nitrogen and oxygen atoms in total. The molecule has 3 rings (SSSR count). The van der Waals surface area contributed by atoms with Gasteiger partial charge in [0.25, 0.3) is 0 Å². The van der Waals surface area contributed by atoms with Crippen molar-refractivity contribution in [1.82, 2.24) is 15.1 Å². The molecule has 0 aromatic carbocycles. The highest BCUT2D eigenvalue weighted by Crippen LogP contribution is 2.30. The van der Waals surface area contributed by atoms with E-state index in [-0.39, 0.29) is 5.79 Å². The predicted octanol–water partition coefficient (Wildman–Crippen LogP) is 0.717. The molecule has 0 amide bonds. The van der Waals surface area contributed by atoms with Crippen molar-refractivity contribution >= 4 is 0 Å². The fraction of sp³-hybridized carbons (Fsp3) is 0.818. The molecule has 0 radical (unpaired) electrons. The third-order valence-corrected chi connectivity index (χ3v) is 3.24. The molecular formula is C11H17N3O3. The monoisotopic (exact) mass is 239 g/mol. The largest absolute Gasteiger partial charge is 0.424 e. The van der Waals surface area contributed by atoms with Crippen LogP contribution >= 0.6 is 0 Å². The SMILES string of the molecule is Cc1nnc(CN2CCCC3(C2)OCCO3)o1. The van der Waals surface area contributed by atoms with E-state index in [2.05, 4.69) is 15.1 Å². The lowest BCUT2D eigenvalue weighted by atomic mass is 10.0. The number of hydrogen-bond acceptors (Lipinski definition) is 6. The van der Waals surface area contributed by atoms with E-state index in [1.165, 1.54) is 0 Å². The van der Waals surface area contributed by atoms with Gasteiger partial charge in [-0.15, -0.1) is 10.2 Å². The van der Waals surface area contributed by atoms with Crippen molar-refractivity contribution in [2.75, 3.05) is 26.3 Å². The third-order valence-electron chi connectivity index (χ3n) is 3.24. The summed E-state index contributed by atoms with van der Waals surface area (Å²) in [6, 6.07) is 0. The van der Waals surface area contributed by atoms with E-state index >= 15 is 0 Å². The van der Waals surface area contributed by atoms with Gasteiger partial charge in [0.15, 0.2) is 5.79 Å². The summed E-state index contributed by atoms with van der Waals surface area (Å²) in [5.41, 5.74) is 0. The summed E-state index contributed by atoms with van der Waals surface area (Å²) < 4.78 is 16.8. The summed E-state index contributed by atoms with van der Waals surface area (Å²) in [6.45, 7) is 5.69. The number of nitrogens with zero attached hydrogens (tertiary/aromatic N) is 3. The van der Waals surface area contributed by atoms with Gasteiger partial charge in [-0.2, -0.15) is 0 Å². The lowest BCUT2D eigenvalue weighted by Crippen LogP contribution is -2.48. The van der Waals surface area contributed by atoms with E-state index in [1.807, 2.05) is 0 Å². The Labute approximate surface area is 99.9 Å². The fourth-order valence-electron chi connectivity index (χ4n) is 2.53. The maximum Gasteiger partial charge on any atom is 0.230 e. The van der Waals surface area contributed by atoms with Crippen molar-refractivity contribution in [3.05, 3.63) is 11.8 Å². The molecule has 2 fully saturated rings. The summed E-state index contributed by atoms with van der Waals surface area (Å²) in [6.07, 6.45) is 2.06. The first-order chi connectivity index (χ1) is 8.26. The molecule has 2 aliphatic heterocycles. The van der Waals surface area contributed by atoms with Crippen LogP contribution in [-0.2, 0) is 16.0 Å². The van der Waals surface area contributed by atoms with Crippen LogP contribution in [0.25, 0.3) is 0 Å². The van der Waals surface area contributed by atoms with Gasteiger partial charge in [0.1, 0.15) is 0 Å². The van der Waals surface area contributed by atoms with Crippen LogP contribution in [0.2, 0.25) is 0 Å². The molecular weight excluding hydrogens is 222 g/mol. The number of aromatic nitrogens is 2. The fourth-order valence-corrected chi connectivity index (χ4v) is 2.53. The van der Waals surface area contributed by atoms with Crippen LogP contribution in [0.15, 0.2) is 4.42 Å². The van der Waals surface area contributed by atoms with Gasteiger partial charge in [0.2, 0.25) is 11.8 Å². The first-order valence-electron chi connectivity index (χ1n) is 6.05. The Morgan fingerprint density at radius 2 is 2.12 bits per heavy atom. The van der Waals surface area contributed by atoms with Gasteiger partial charge < -0.3 is 13.9 Å². The Kier molecular flexibility index (Phi) is 2.85. The highest BCUT2D eigenvalue weighted by molar-refractivity contribution is 4.87. The van der Waals surface area contributed by atoms with E-state index in [4.69, 9.17) is 13.9 Å². The second-order valence-corrected chi connectivity index (χ2v) is 4.64. The van der Waals surface area contributed by atoms with E-state index in [9.17, 15) is 0 Å². The highest BCUT2D eigenvalue weighted by Gasteiger charge is 2.40. The van der Waals surface area contributed by atoms with Crippen LogP contribution in [0.1, 0.15) is 24.6 Å². The number of ether oxygens (including phenoxy) is 2. The van der Waals surface area contributed by atoms with Crippen molar-refractivity contribution in [3.63, 3.8) is 0 Å². The van der Waals surface area contributed by atoms with Gasteiger partial charge in [-0.3, -0.25) is 4.90 Å². The Morgan fingerprint density at radius 3 is 2.82 bits per heavy atom. The molecule has 2 aliphatic rings. The van der Waals surface area contributed by atoms with Gasteiger partial charge in [0, 0.05) is 13.3 Å². The standard InChI is InChI=1S/C11H17N3O3/c1-9-12-13-10(17-9)7-14-4-2-3-11(8-14)15-5-6-16-11/h2-8H2,1H3. The molecule has 0 atom stereocenters. The maximum absolute atomic E-state index is 5.72. The molecule has 6 heteroatoms. The molecule has 1 spiro atoms. The topological polar surface area (TPSA) is 60.6 Å². The average Bonchev–Trinajstić information content (AvgIpc) is 2.89. The summed E-state index contributed by atoms with van der Waals surface area (Å²) in [4.78, 5) is 2.25. The van der Waals surface area contributed by atoms with E-state index in [0.717, 1.165) is 25.9 Å². The molecule has 0 bridgehead atoms. The lowest BCUT2D eigenvalue weighted by molar-refractivity contribution is -0.190. The Balaban J connectivity index is 1.64. The molecule has 0 saturated carbocycles. The van der Waals surface area contributed by atoms with Gasteiger partial charge in [-0.1, -0.05) is 0 Å². The maximum atomic E-state index is 5.72. The Hall–Kier alpha value is -0.980. The van der Waals surface area contributed by atoms with Gasteiger partial charge in [-0.05, 0) is 13.0 Å². The number of hydrogen-bond donors (Lipinski definition) is 0. The molecule has 17 heavy (non-hydrogen) atoms. The first-order valence-corrected chi connectivity index (χ1v) is 6.05. The zero-order valence-electron chi connectivity index (χ0n) is 10.0. The molecule has 94 valence electrons. The van der Waals surface area contributed by atoms with Crippen molar-refractivity contribution in [2.24, 2.45) is 0 Å². The Bertz CT molecular complexity index is 387. The van der Waals surface area contributed by atoms with Crippen molar-refractivity contribution in [3.8, 4) is 0 Å². The van der Waals surface area contributed by atoms with E-state index in [0.29, 0.717) is 31.5 Å². The molecule has 0 aliphatic carbocycles. The molecule has 3 heterocycles. The highest BCUT2D eigenvalue weighted by atomic mass is 16.7. The van der Waals surface area contributed by atoms with E-state index < -0.39 is 0 Å². The van der Waals surface area contributed by atoms with Crippen LogP contribution in [0.5, 0.6) is 0 Å². The van der Waals surface area contributed by atoms with Crippen LogP contribution in [0.4, 0.5) is 0 Å². The Morgan fingerprint density at radius 1 is 1.29 bits per heavy atom. The van der Waals surface area contributed by atoms with E-state index in [1.54, 1.807) is 6.92 Å². The van der Waals surface area contributed by atoms with Crippen molar-refractivity contribution in [1.29, 1.82) is 0 Å². The second-order valence-electron chi connectivity index (χ2n) is 4.64. The summed E-state index contributed by atoms with van der Waals surface area (Å²) in [7, 11) is 0. The number of piperidine rings is 1. The lowest BCUT2D eigenvalue weighted by Gasteiger charge is -2.37. The second kappa shape index (κ2) is 4.36. The third kappa shape index (κ3) is 2.34. The number of likely N-dealkylation sites (tertiary alicyclic amines) is 1. The van der Waals surface area contributed by atoms with Crippen molar-refractivity contribution in [2.45, 2.75) is 32.1 Å². The van der Waals surface area contributed by atoms with Crippen molar-refractivity contribution < 1.29 is 13.9 Å². The molecule has 0 unspecified atom stereocenters. The smallest absolute Gasteiger partial charge is 0.230 e. The summed E-state index contributed by atoms with van der Waals surface area (Å²) in [5.74, 6) is 0.894. The zero-order valence-corrected chi connectivity index (χ0v) is 10.0. The van der Waals surface area contributed by atoms with Crippen LogP contribution < -0.4 is 0 Å². The minimum Gasteiger partial charge on any atom is -0.424 e. The van der Waals surface area contributed by atoms with Crippen LogP contribution in [-0.4, -0.2) is 47.2 Å². The average molecular weight is 239 g/mol. The van der Waals surface area contributed by atoms with Gasteiger partial charge >= 0.3 is 0 Å². The summed E-state index contributed by atoms with van der Waals surface area (Å²) in [5, 5.41) is 7.85. The normalized spacial score (nSPS) is 24.5. The zero-order chi connectivity index (χ0) is 11.7. The molecule has 0 N–H and O–H groups in total. The molecule has 1 aromatic rings. The predicted molar refractivity (Wildman–Crippen MR) is 58.2 cm³/mol. The summed E-state index contributed by atoms with van der Waals surface area (Å²) >= 11 is 0. The minimum absolute atomic E-state index is 0.382. The number of rotatable bonds is 2. The minimum atomic E-state index is -0.382. The van der Waals surface area contributed by atoms with Crippen LogP contribution in [0.3, 0.4) is 0 Å². The molecule has 1 aromatic heterocycles. The molecule has 2 saturated heterocycles. The quantitative estimate of drug-likeness (QED) is 0.757. The van der Waals surface area contributed by atoms with Crippen LogP contribution in [0, 0.1) is 6.92 Å². The first kappa shape index (κ1) is 11.1.